The molecule has 0 atom stereocenters. The maximum Gasteiger partial charge on any atom is 0.151 e. The van der Waals surface area contributed by atoms with E-state index < -0.39 is 0 Å². The number of carbonyl (C=O) groups is 1. The molecule has 0 radical (unpaired) electrons. The highest BCUT2D eigenvalue weighted by Crippen LogP contribution is 2.28. The minimum atomic E-state index is 0.506. The molecule has 0 aliphatic heterocycles. The summed E-state index contributed by atoms with van der Waals surface area (Å²) < 4.78 is 0. The average Bonchev–Trinajstić information content (AvgIpc) is 2.65. The fourth-order valence-electron chi connectivity index (χ4n) is 1.40. The summed E-state index contributed by atoms with van der Waals surface area (Å²) in [5.74, 6) is 0. The third kappa shape index (κ3) is 2.11. The molecule has 1 heterocycles. The maximum atomic E-state index is 10.6. The number of aryl methyl sites for hydroxylation is 1. The molecular weight excluding hydrogens is 228 g/mol. The summed E-state index contributed by atoms with van der Waals surface area (Å²) in [5.41, 5.74) is 2.74. The van der Waals surface area contributed by atoms with Gasteiger partial charge in [0.2, 0.25) is 0 Å². The Labute approximate surface area is 97.3 Å². The largest absolute Gasteiger partial charge is 0.298 e. The van der Waals surface area contributed by atoms with Crippen molar-refractivity contribution in [3.63, 3.8) is 0 Å². The molecule has 1 nitrogen and oxygen atoms in total. The summed E-state index contributed by atoms with van der Waals surface area (Å²) >= 11 is 7.66. The molecule has 2 rings (SSSR count). The van der Waals surface area contributed by atoms with Crippen LogP contribution >= 0.6 is 22.9 Å². The minimum Gasteiger partial charge on any atom is -0.298 e. The molecule has 0 aliphatic carbocycles. The molecule has 0 fully saturated rings. The lowest BCUT2D eigenvalue weighted by molar-refractivity contribution is 0.112. The van der Waals surface area contributed by atoms with Gasteiger partial charge in [-0.2, -0.15) is 0 Å². The van der Waals surface area contributed by atoms with Crippen LogP contribution in [0.4, 0.5) is 0 Å². The molecule has 3 heteroatoms. The minimum absolute atomic E-state index is 0.506. The molecule has 0 aliphatic rings. The molecule has 15 heavy (non-hydrogen) atoms. The van der Waals surface area contributed by atoms with Crippen molar-refractivity contribution in [3.8, 4) is 11.1 Å². The highest BCUT2D eigenvalue weighted by Gasteiger charge is 2.04. The van der Waals surface area contributed by atoms with Gasteiger partial charge in [-0.1, -0.05) is 17.7 Å². The fraction of sp³-hybridized carbons (Fsp3) is 0.0833. The van der Waals surface area contributed by atoms with Crippen LogP contribution in [0.25, 0.3) is 11.1 Å². The second kappa shape index (κ2) is 4.17. The first-order valence-corrected chi connectivity index (χ1v) is 5.76. The number of benzene rings is 1. The molecular formula is C12H9ClOS. The van der Waals surface area contributed by atoms with E-state index in [0.717, 1.165) is 17.4 Å². The van der Waals surface area contributed by atoms with Crippen LogP contribution in [0.5, 0.6) is 0 Å². The zero-order chi connectivity index (χ0) is 10.8. The van der Waals surface area contributed by atoms with Gasteiger partial charge in [0.1, 0.15) is 0 Å². The first kappa shape index (κ1) is 10.4. The van der Waals surface area contributed by atoms with E-state index in [2.05, 4.69) is 18.4 Å². The van der Waals surface area contributed by atoms with Crippen LogP contribution < -0.4 is 0 Å². The number of aldehydes is 1. The zero-order valence-corrected chi connectivity index (χ0v) is 9.73. The number of halogens is 1. The van der Waals surface area contributed by atoms with E-state index in [-0.39, 0.29) is 0 Å². The Morgan fingerprint density at radius 2 is 2.07 bits per heavy atom. The second-order valence-corrected chi connectivity index (χ2v) is 4.82. The van der Waals surface area contributed by atoms with Crippen LogP contribution in [-0.4, -0.2) is 6.29 Å². The topological polar surface area (TPSA) is 17.1 Å². The van der Waals surface area contributed by atoms with Crippen LogP contribution in [0.3, 0.4) is 0 Å². The lowest BCUT2D eigenvalue weighted by Crippen LogP contribution is -1.82. The lowest BCUT2D eigenvalue weighted by Gasteiger charge is -2.00. The smallest absolute Gasteiger partial charge is 0.151 e. The number of hydrogen-bond donors (Lipinski definition) is 0. The van der Waals surface area contributed by atoms with E-state index in [1.165, 1.54) is 4.88 Å². The van der Waals surface area contributed by atoms with Crippen LogP contribution in [0.15, 0.2) is 29.6 Å². The van der Waals surface area contributed by atoms with Gasteiger partial charge in [0.15, 0.2) is 6.29 Å². The van der Waals surface area contributed by atoms with E-state index in [1.54, 1.807) is 17.4 Å². The van der Waals surface area contributed by atoms with Crippen molar-refractivity contribution in [1.82, 2.24) is 0 Å². The highest BCUT2D eigenvalue weighted by atomic mass is 35.5. The summed E-state index contributed by atoms with van der Waals surface area (Å²) in [7, 11) is 0. The quantitative estimate of drug-likeness (QED) is 0.715. The standard InChI is InChI=1S/C12H9ClOS/c1-8-4-11(7-15-8)9-2-3-10(6-14)12(13)5-9/h2-7H,1H3. The zero-order valence-electron chi connectivity index (χ0n) is 8.16. The summed E-state index contributed by atoms with van der Waals surface area (Å²) in [6, 6.07) is 7.60. The van der Waals surface area contributed by atoms with E-state index in [1.807, 2.05) is 12.1 Å². The Hall–Kier alpha value is -1.12. The normalized spacial score (nSPS) is 10.3. The van der Waals surface area contributed by atoms with Gasteiger partial charge >= 0.3 is 0 Å². The Balaban J connectivity index is 2.46. The molecule has 0 bridgehead atoms. The third-order valence-electron chi connectivity index (χ3n) is 2.19. The SMILES string of the molecule is Cc1cc(-c2ccc(C=O)c(Cl)c2)cs1. The second-order valence-electron chi connectivity index (χ2n) is 3.30. The van der Waals surface area contributed by atoms with Gasteiger partial charge in [-0.25, -0.2) is 0 Å². The van der Waals surface area contributed by atoms with Crippen LogP contribution in [0.1, 0.15) is 15.2 Å². The van der Waals surface area contributed by atoms with Crippen molar-refractivity contribution >= 4 is 29.2 Å². The van der Waals surface area contributed by atoms with E-state index in [4.69, 9.17) is 11.6 Å². The molecule has 1 aromatic heterocycles. The lowest BCUT2D eigenvalue weighted by atomic mass is 10.1. The summed E-state index contributed by atoms with van der Waals surface area (Å²) in [5, 5.41) is 2.59. The van der Waals surface area contributed by atoms with Gasteiger partial charge in [-0.05, 0) is 41.6 Å². The van der Waals surface area contributed by atoms with Crippen molar-refractivity contribution in [2.45, 2.75) is 6.92 Å². The first-order valence-electron chi connectivity index (χ1n) is 4.51. The number of thiophene rings is 1. The van der Waals surface area contributed by atoms with Gasteiger partial charge < -0.3 is 0 Å². The summed E-state index contributed by atoms with van der Waals surface area (Å²) in [6.45, 7) is 2.07. The van der Waals surface area contributed by atoms with Crippen LogP contribution in [-0.2, 0) is 0 Å². The Morgan fingerprint density at radius 1 is 1.27 bits per heavy atom. The Bertz CT molecular complexity index is 502. The molecule has 76 valence electrons. The molecule has 0 amide bonds. The number of carbonyl (C=O) groups excluding carboxylic acids is 1. The third-order valence-corrected chi connectivity index (χ3v) is 3.38. The fourth-order valence-corrected chi connectivity index (χ4v) is 2.33. The van der Waals surface area contributed by atoms with Crippen molar-refractivity contribution < 1.29 is 4.79 Å². The van der Waals surface area contributed by atoms with Gasteiger partial charge in [0.05, 0.1) is 5.02 Å². The monoisotopic (exact) mass is 236 g/mol. The van der Waals surface area contributed by atoms with Crippen LogP contribution in [0.2, 0.25) is 5.02 Å². The molecule has 0 saturated heterocycles. The Kier molecular flexibility index (Phi) is 2.89. The van der Waals surface area contributed by atoms with Gasteiger partial charge in [0.25, 0.3) is 0 Å². The molecule has 0 spiro atoms. The summed E-state index contributed by atoms with van der Waals surface area (Å²) in [4.78, 5) is 11.9. The van der Waals surface area contributed by atoms with Gasteiger partial charge in [-0.15, -0.1) is 11.3 Å². The van der Waals surface area contributed by atoms with E-state index >= 15 is 0 Å². The first-order chi connectivity index (χ1) is 7.20. The number of hydrogen-bond acceptors (Lipinski definition) is 2. The Morgan fingerprint density at radius 3 is 2.60 bits per heavy atom. The predicted molar refractivity (Wildman–Crippen MR) is 64.9 cm³/mol. The number of rotatable bonds is 2. The molecule has 0 N–H and O–H groups in total. The van der Waals surface area contributed by atoms with E-state index in [9.17, 15) is 4.79 Å². The molecule has 0 unspecified atom stereocenters. The maximum absolute atomic E-state index is 10.6. The van der Waals surface area contributed by atoms with Gasteiger partial charge in [0, 0.05) is 10.4 Å². The van der Waals surface area contributed by atoms with Gasteiger partial charge in [-0.3, -0.25) is 4.79 Å². The van der Waals surface area contributed by atoms with Crippen molar-refractivity contribution in [1.29, 1.82) is 0 Å². The molecule has 1 aromatic carbocycles. The summed E-state index contributed by atoms with van der Waals surface area (Å²) in [6.07, 6.45) is 0.769. The van der Waals surface area contributed by atoms with Crippen LogP contribution in [0, 0.1) is 6.92 Å². The van der Waals surface area contributed by atoms with Crippen molar-refractivity contribution in [2.24, 2.45) is 0 Å². The average molecular weight is 237 g/mol. The molecule has 2 aromatic rings. The molecule has 0 saturated carbocycles. The highest BCUT2D eigenvalue weighted by molar-refractivity contribution is 7.10. The van der Waals surface area contributed by atoms with E-state index in [0.29, 0.717) is 10.6 Å². The van der Waals surface area contributed by atoms with Crippen molar-refractivity contribution in [3.05, 3.63) is 45.1 Å². The predicted octanol–water partition coefficient (Wildman–Crippen LogP) is 4.19. The van der Waals surface area contributed by atoms with Crippen molar-refractivity contribution in [2.75, 3.05) is 0 Å².